The molecule has 0 fully saturated rings. The fourth-order valence-corrected chi connectivity index (χ4v) is 5.35. The van der Waals surface area contributed by atoms with Gasteiger partial charge in [-0.05, 0) is 79.3 Å². The molecule has 2 N–H and O–H groups in total. The summed E-state index contributed by atoms with van der Waals surface area (Å²) < 4.78 is 6.04. The first-order valence-corrected chi connectivity index (χ1v) is 13.8. The van der Waals surface area contributed by atoms with E-state index in [0.29, 0.717) is 30.0 Å². The first-order chi connectivity index (χ1) is 20.4. The minimum absolute atomic E-state index is 0.107. The maximum absolute atomic E-state index is 13.4. The van der Waals surface area contributed by atoms with E-state index in [0.717, 1.165) is 39.5 Å². The van der Waals surface area contributed by atoms with Gasteiger partial charge in [0, 0.05) is 22.3 Å². The number of aromatic hydroxyl groups is 1. The van der Waals surface area contributed by atoms with Gasteiger partial charge in [0.25, 0.3) is 5.56 Å². The minimum Gasteiger partial charge on any atom is -0.508 e. The quantitative estimate of drug-likeness (QED) is 0.251. The smallest absolute Gasteiger partial charge is 0.260 e. The van der Waals surface area contributed by atoms with Gasteiger partial charge in [-0.2, -0.15) is 4.80 Å². The minimum atomic E-state index is -0.305. The summed E-state index contributed by atoms with van der Waals surface area (Å²) in [7, 11) is 3.92. The summed E-state index contributed by atoms with van der Waals surface area (Å²) >= 11 is 0. The molecule has 0 aliphatic rings. The molecule has 0 aliphatic heterocycles. The van der Waals surface area contributed by atoms with Crippen LogP contribution in [0.25, 0.3) is 33.2 Å². The number of hydrogen-bond acceptors (Lipinski definition) is 8. The lowest BCUT2D eigenvalue weighted by Crippen LogP contribution is -2.24. The predicted octanol–water partition coefficient (Wildman–Crippen LogP) is 5.08. The molecule has 42 heavy (non-hydrogen) atoms. The van der Waals surface area contributed by atoms with E-state index in [9.17, 15) is 9.90 Å². The van der Waals surface area contributed by atoms with Gasteiger partial charge in [0.05, 0.1) is 23.3 Å². The van der Waals surface area contributed by atoms with Crippen molar-refractivity contribution in [1.82, 2.24) is 35.1 Å². The number of ether oxygens (including phenoxy) is 1. The lowest BCUT2D eigenvalue weighted by Gasteiger charge is -2.26. The number of rotatable bonds is 9. The molecule has 10 nitrogen and oxygen atoms in total. The summed E-state index contributed by atoms with van der Waals surface area (Å²) in [6, 6.07) is 24.5. The Bertz CT molecular complexity index is 1950. The van der Waals surface area contributed by atoms with Crippen LogP contribution in [-0.2, 0) is 13.2 Å². The van der Waals surface area contributed by atoms with Crippen molar-refractivity contribution in [2.24, 2.45) is 0 Å². The highest BCUT2D eigenvalue weighted by molar-refractivity contribution is 5.89. The normalized spacial score (nSPS) is 12.3. The van der Waals surface area contributed by atoms with Gasteiger partial charge in [-0.15, -0.1) is 10.2 Å². The maximum atomic E-state index is 13.4. The summed E-state index contributed by atoms with van der Waals surface area (Å²) in [5.74, 6) is 1.05. The van der Waals surface area contributed by atoms with Crippen LogP contribution in [0.15, 0.2) is 83.7 Å². The molecule has 3 aromatic carbocycles. The Hall–Kier alpha value is -5.09. The Labute approximate surface area is 242 Å². The number of nitrogens with zero attached hydrogens (tertiary/aromatic N) is 6. The van der Waals surface area contributed by atoms with Crippen molar-refractivity contribution in [2.45, 2.75) is 32.5 Å². The Balaban J connectivity index is 1.26. The lowest BCUT2D eigenvalue weighted by molar-refractivity contribution is 0.294. The zero-order valence-electron chi connectivity index (χ0n) is 23.7. The number of fused-ring (bicyclic) bond motifs is 2. The number of pyridine rings is 2. The fourth-order valence-electron chi connectivity index (χ4n) is 5.35. The molecular weight excluding hydrogens is 530 g/mol. The standard InChI is InChI=1S/C32H31N7O3/c1-4-28(38(2)3)29-25-17-23(40)14-15-27(25)34-32(41)30(29)31-35-37-39(36-31)18-20-8-7-10-24(16-20)42-19-22-13-12-21-9-5-6-11-26(21)33-22/h5-17,28,40H,4,18-19H2,1-3H3,(H,34,41). The number of nitrogens with one attached hydrogen (secondary N) is 1. The first kappa shape index (κ1) is 27.1. The van der Waals surface area contributed by atoms with E-state index in [1.165, 1.54) is 4.80 Å². The molecule has 0 radical (unpaired) electrons. The number of aromatic nitrogens is 6. The van der Waals surface area contributed by atoms with E-state index in [2.05, 4.69) is 32.3 Å². The zero-order valence-corrected chi connectivity index (χ0v) is 23.7. The van der Waals surface area contributed by atoms with Crippen LogP contribution in [0.2, 0.25) is 0 Å². The third-order valence-electron chi connectivity index (χ3n) is 7.32. The van der Waals surface area contributed by atoms with Crippen molar-refractivity contribution in [3.63, 3.8) is 0 Å². The Morgan fingerprint density at radius 2 is 1.88 bits per heavy atom. The summed E-state index contributed by atoms with van der Waals surface area (Å²) in [4.78, 5) is 24.5. The van der Waals surface area contributed by atoms with Crippen molar-refractivity contribution >= 4 is 21.8 Å². The number of tetrazole rings is 1. The molecular formula is C32H31N7O3. The molecule has 1 atom stereocenters. The molecule has 0 amide bonds. The van der Waals surface area contributed by atoms with Gasteiger partial charge in [0.2, 0.25) is 5.82 Å². The lowest BCUT2D eigenvalue weighted by atomic mass is 9.93. The van der Waals surface area contributed by atoms with Crippen LogP contribution >= 0.6 is 0 Å². The molecule has 212 valence electrons. The molecule has 6 rings (SSSR count). The number of phenolic OH excluding ortho intramolecular Hbond substituents is 1. The summed E-state index contributed by atoms with van der Waals surface area (Å²) in [5, 5.41) is 25.2. The summed E-state index contributed by atoms with van der Waals surface area (Å²) in [5.41, 5.74) is 4.13. The molecule has 1 unspecified atom stereocenters. The molecule has 3 heterocycles. The number of aromatic amines is 1. The van der Waals surface area contributed by atoms with Gasteiger partial charge in [0.1, 0.15) is 18.1 Å². The van der Waals surface area contributed by atoms with Gasteiger partial charge in [0.15, 0.2) is 0 Å². The van der Waals surface area contributed by atoms with Crippen LogP contribution in [0.3, 0.4) is 0 Å². The molecule has 6 aromatic rings. The van der Waals surface area contributed by atoms with Crippen molar-refractivity contribution in [1.29, 1.82) is 0 Å². The van der Waals surface area contributed by atoms with E-state index in [-0.39, 0.29) is 23.2 Å². The van der Waals surface area contributed by atoms with Crippen molar-refractivity contribution < 1.29 is 9.84 Å². The van der Waals surface area contributed by atoms with E-state index >= 15 is 0 Å². The second kappa shape index (κ2) is 11.4. The number of H-pyrrole nitrogens is 1. The van der Waals surface area contributed by atoms with E-state index in [1.54, 1.807) is 18.2 Å². The third-order valence-corrected chi connectivity index (χ3v) is 7.32. The number of hydrogen-bond donors (Lipinski definition) is 2. The highest BCUT2D eigenvalue weighted by atomic mass is 16.5. The number of phenols is 1. The van der Waals surface area contributed by atoms with Gasteiger partial charge >= 0.3 is 0 Å². The predicted molar refractivity (Wildman–Crippen MR) is 161 cm³/mol. The molecule has 0 bridgehead atoms. The average molecular weight is 562 g/mol. The van der Waals surface area contributed by atoms with Crippen LogP contribution in [0.5, 0.6) is 11.5 Å². The van der Waals surface area contributed by atoms with Gasteiger partial charge < -0.3 is 19.7 Å². The van der Waals surface area contributed by atoms with Crippen LogP contribution in [-0.4, -0.2) is 54.3 Å². The van der Waals surface area contributed by atoms with Crippen molar-refractivity contribution in [3.8, 4) is 22.9 Å². The van der Waals surface area contributed by atoms with E-state index < -0.39 is 0 Å². The van der Waals surface area contributed by atoms with Gasteiger partial charge in [-0.3, -0.25) is 4.79 Å². The second-order valence-corrected chi connectivity index (χ2v) is 10.4. The zero-order chi connectivity index (χ0) is 29.2. The van der Waals surface area contributed by atoms with Crippen molar-refractivity contribution in [3.05, 3.63) is 106 Å². The molecule has 3 aromatic heterocycles. The largest absolute Gasteiger partial charge is 0.508 e. The van der Waals surface area contributed by atoms with Crippen molar-refractivity contribution in [2.75, 3.05) is 14.1 Å². The Kier molecular flexibility index (Phi) is 7.37. The number of para-hydroxylation sites is 1. The molecule has 0 saturated carbocycles. The van der Waals surface area contributed by atoms with Crippen LogP contribution in [0.1, 0.15) is 36.2 Å². The SMILES string of the molecule is CCC(c1c(-c2nnn(Cc3cccc(OCc4ccc5ccccc5n4)c3)n2)c(=O)[nH]c2ccc(O)cc12)N(C)C. The van der Waals surface area contributed by atoms with Crippen LogP contribution in [0.4, 0.5) is 0 Å². The molecule has 10 heteroatoms. The van der Waals surface area contributed by atoms with Crippen LogP contribution < -0.4 is 10.3 Å². The Morgan fingerprint density at radius 3 is 2.71 bits per heavy atom. The molecule has 0 saturated heterocycles. The fraction of sp³-hybridized carbons (Fsp3) is 0.219. The first-order valence-electron chi connectivity index (χ1n) is 13.8. The third kappa shape index (κ3) is 5.44. The second-order valence-electron chi connectivity index (χ2n) is 10.4. The average Bonchev–Trinajstić information content (AvgIpc) is 3.44. The van der Waals surface area contributed by atoms with Gasteiger partial charge in [-0.1, -0.05) is 43.3 Å². The highest BCUT2D eigenvalue weighted by Gasteiger charge is 2.26. The maximum Gasteiger partial charge on any atom is 0.260 e. The topological polar surface area (TPSA) is 122 Å². The molecule has 0 spiro atoms. The summed E-state index contributed by atoms with van der Waals surface area (Å²) in [6.07, 6.45) is 0.740. The number of benzene rings is 3. The van der Waals surface area contributed by atoms with E-state index in [4.69, 9.17) is 4.74 Å². The van der Waals surface area contributed by atoms with Gasteiger partial charge in [-0.25, -0.2) is 4.98 Å². The van der Waals surface area contributed by atoms with Crippen LogP contribution in [0, 0.1) is 0 Å². The monoisotopic (exact) mass is 561 g/mol. The van der Waals surface area contributed by atoms with E-state index in [1.807, 2.05) is 79.7 Å². The summed E-state index contributed by atoms with van der Waals surface area (Å²) in [6.45, 7) is 2.73. The molecule has 0 aliphatic carbocycles. The highest BCUT2D eigenvalue weighted by Crippen LogP contribution is 2.35. The Morgan fingerprint density at radius 1 is 1.02 bits per heavy atom.